The minimum atomic E-state index is -2.41. The number of hydrogen-bond donors (Lipinski definition) is 0. The maximum atomic E-state index is 11.7. The van der Waals surface area contributed by atoms with E-state index in [1.807, 2.05) is 40.7 Å². The lowest BCUT2D eigenvalue weighted by atomic mass is 10.2. The molecular formula is C13H22F2O. The van der Waals surface area contributed by atoms with E-state index in [9.17, 15) is 8.78 Å². The van der Waals surface area contributed by atoms with E-state index in [2.05, 4.69) is 0 Å². The third-order valence-electron chi connectivity index (χ3n) is 1.37. The Morgan fingerprint density at radius 3 is 2.12 bits per heavy atom. The average molecular weight is 232 g/mol. The molecule has 0 N–H and O–H groups in total. The monoisotopic (exact) mass is 232 g/mol. The van der Waals surface area contributed by atoms with Gasteiger partial charge in [-0.2, -0.15) is 0 Å². The number of benzene rings is 1. The van der Waals surface area contributed by atoms with Crippen LogP contribution in [-0.4, -0.2) is 13.0 Å². The zero-order valence-electron chi connectivity index (χ0n) is 10.8. The topological polar surface area (TPSA) is 9.23 Å². The van der Waals surface area contributed by atoms with Crippen LogP contribution in [0.1, 0.15) is 33.3 Å². The van der Waals surface area contributed by atoms with Crippen molar-refractivity contribution in [3.8, 4) is 5.75 Å². The van der Waals surface area contributed by atoms with Crippen LogP contribution in [0.15, 0.2) is 24.3 Å². The first kappa shape index (κ1) is 17.3. The number of ether oxygens (including phenoxy) is 1. The van der Waals surface area contributed by atoms with E-state index >= 15 is 0 Å². The molecule has 1 aromatic rings. The van der Waals surface area contributed by atoms with Crippen LogP contribution >= 0.6 is 0 Å². The van der Waals surface area contributed by atoms with E-state index in [0.717, 1.165) is 5.56 Å². The summed E-state index contributed by atoms with van der Waals surface area (Å²) in [7, 11) is 0. The van der Waals surface area contributed by atoms with Crippen molar-refractivity contribution in [1.29, 1.82) is 0 Å². The second-order valence-corrected chi connectivity index (χ2v) is 2.52. The molecule has 0 aliphatic carbocycles. The Kier molecular flexibility index (Phi) is 12.9. The Labute approximate surface area is 97.4 Å². The molecule has 0 saturated heterocycles. The van der Waals surface area contributed by atoms with Crippen molar-refractivity contribution < 1.29 is 13.5 Å². The number of aryl methyl sites for hydroxylation is 1. The predicted octanol–water partition coefficient (Wildman–Crippen LogP) is 4.69. The summed E-state index contributed by atoms with van der Waals surface area (Å²) in [5.41, 5.74) is 1.00. The second kappa shape index (κ2) is 12.0. The average Bonchev–Trinajstić information content (AvgIpc) is 2.32. The molecule has 0 radical (unpaired) electrons. The summed E-state index contributed by atoms with van der Waals surface area (Å²) in [6, 6.07) is 7.04. The van der Waals surface area contributed by atoms with Crippen molar-refractivity contribution in [2.75, 3.05) is 6.61 Å². The zero-order valence-corrected chi connectivity index (χ0v) is 10.8. The van der Waals surface area contributed by atoms with E-state index in [1.54, 1.807) is 18.2 Å². The first-order valence-electron chi connectivity index (χ1n) is 5.66. The summed E-state index contributed by atoms with van der Waals surface area (Å²) in [5.74, 6) is 0.496. The minimum absolute atomic E-state index is 0.496. The van der Waals surface area contributed by atoms with Gasteiger partial charge in [-0.15, -0.1) is 0 Å². The molecule has 0 aliphatic heterocycles. The van der Waals surface area contributed by atoms with Crippen molar-refractivity contribution in [3.05, 3.63) is 29.8 Å². The Balaban J connectivity index is 0. The molecule has 0 unspecified atom stereocenters. The normalized spacial score (nSPS) is 8.50. The summed E-state index contributed by atoms with van der Waals surface area (Å²) < 4.78 is 28.2. The van der Waals surface area contributed by atoms with Crippen LogP contribution in [0.2, 0.25) is 0 Å². The van der Waals surface area contributed by atoms with Crippen LogP contribution in [0.4, 0.5) is 8.78 Å². The fraction of sp³-hybridized carbons (Fsp3) is 0.538. The molecule has 0 heterocycles. The van der Waals surface area contributed by atoms with Crippen molar-refractivity contribution in [2.24, 2.45) is 0 Å². The SMILES string of the molecule is CC.CC.Cc1cccc(OCC(F)F)c1. The Morgan fingerprint density at radius 1 is 1.12 bits per heavy atom. The molecule has 0 bridgehead atoms. The molecule has 0 fully saturated rings. The van der Waals surface area contributed by atoms with E-state index in [4.69, 9.17) is 4.74 Å². The first-order chi connectivity index (χ1) is 7.68. The summed E-state index contributed by atoms with van der Waals surface area (Å²) in [5, 5.41) is 0. The largest absolute Gasteiger partial charge is 0.488 e. The summed E-state index contributed by atoms with van der Waals surface area (Å²) in [4.78, 5) is 0. The summed E-state index contributed by atoms with van der Waals surface area (Å²) >= 11 is 0. The molecule has 0 atom stereocenters. The van der Waals surface area contributed by atoms with Gasteiger partial charge in [-0.25, -0.2) is 8.78 Å². The van der Waals surface area contributed by atoms with Gasteiger partial charge in [0.05, 0.1) is 0 Å². The van der Waals surface area contributed by atoms with Gasteiger partial charge in [0.2, 0.25) is 0 Å². The van der Waals surface area contributed by atoms with Gasteiger partial charge in [-0.3, -0.25) is 0 Å². The molecule has 94 valence electrons. The maximum Gasteiger partial charge on any atom is 0.272 e. The third-order valence-corrected chi connectivity index (χ3v) is 1.37. The van der Waals surface area contributed by atoms with Crippen LogP contribution in [0.25, 0.3) is 0 Å². The smallest absolute Gasteiger partial charge is 0.272 e. The summed E-state index contributed by atoms with van der Waals surface area (Å²) in [6.45, 7) is 9.35. The first-order valence-corrected chi connectivity index (χ1v) is 5.66. The fourth-order valence-corrected chi connectivity index (χ4v) is 0.864. The lowest BCUT2D eigenvalue weighted by Gasteiger charge is -2.04. The third kappa shape index (κ3) is 9.44. The van der Waals surface area contributed by atoms with Crippen molar-refractivity contribution in [3.63, 3.8) is 0 Å². The molecular weight excluding hydrogens is 210 g/mol. The molecule has 0 saturated carbocycles. The van der Waals surface area contributed by atoms with Crippen LogP contribution in [0.3, 0.4) is 0 Å². The van der Waals surface area contributed by atoms with E-state index < -0.39 is 13.0 Å². The lowest BCUT2D eigenvalue weighted by Crippen LogP contribution is -2.06. The standard InChI is InChI=1S/C9H10F2O.2C2H6/c1-7-3-2-4-8(5-7)12-6-9(10)11;2*1-2/h2-5,9H,6H2,1H3;2*1-2H3. The lowest BCUT2D eigenvalue weighted by molar-refractivity contribution is 0.0819. The zero-order chi connectivity index (χ0) is 13.0. The Bertz CT molecular complexity index is 249. The molecule has 0 aromatic heterocycles. The molecule has 1 nitrogen and oxygen atoms in total. The van der Waals surface area contributed by atoms with Crippen LogP contribution in [0, 0.1) is 6.92 Å². The van der Waals surface area contributed by atoms with Gasteiger partial charge in [-0.05, 0) is 24.6 Å². The van der Waals surface area contributed by atoms with Gasteiger partial charge >= 0.3 is 0 Å². The molecule has 0 aliphatic rings. The van der Waals surface area contributed by atoms with Crippen LogP contribution < -0.4 is 4.74 Å². The highest BCUT2D eigenvalue weighted by molar-refractivity contribution is 5.27. The van der Waals surface area contributed by atoms with Gasteiger partial charge in [0.1, 0.15) is 12.4 Å². The van der Waals surface area contributed by atoms with Crippen molar-refractivity contribution >= 4 is 0 Å². The molecule has 1 rings (SSSR count). The highest BCUT2D eigenvalue weighted by Gasteiger charge is 2.02. The number of alkyl halides is 2. The quantitative estimate of drug-likeness (QED) is 0.734. The van der Waals surface area contributed by atoms with E-state index in [1.165, 1.54) is 0 Å². The molecule has 3 heteroatoms. The van der Waals surface area contributed by atoms with Crippen molar-refractivity contribution in [2.45, 2.75) is 41.0 Å². The van der Waals surface area contributed by atoms with Gasteiger partial charge in [0.15, 0.2) is 0 Å². The van der Waals surface area contributed by atoms with E-state index in [-0.39, 0.29) is 0 Å². The maximum absolute atomic E-state index is 11.7. The van der Waals surface area contributed by atoms with Gasteiger partial charge in [-0.1, -0.05) is 39.8 Å². The van der Waals surface area contributed by atoms with Crippen LogP contribution in [-0.2, 0) is 0 Å². The number of halogens is 2. The number of hydrogen-bond acceptors (Lipinski definition) is 1. The minimum Gasteiger partial charge on any atom is -0.488 e. The van der Waals surface area contributed by atoms with Gasteiger partial charge in [0, 0.05) is 0 Å². The molecule has 16 heavy (non-hydrogen) atoms. The molecule has 1 aromatic carbocycles. The van der Waals surface area contributed by atoms with Crippen LogP contribution in [0.5, 0.6) is 5.75 Å². The summed E-state index contributed by atoms with van der Waals surface area (Å²) in [6.07, 6.45) is -2.41. The van der Waals surface area contributed by atoms with Gasteiger partial charge in [0.25, 0.3) is 6.43 Å². The van der Waals surface area contributed by atoms with E-state index in [0.29, 0.717) is 5.75 Å². The van der Waals surface area contributed by atoms with Gasteiger partial charge < -0.3 is 4.74 Å². The Hall–Kier alpha value is -1.12. The highest BCUT2D eigenvalue weighted by Crippen LogP contribution is 2.12. The fourth-order valence-electron chi connectivity index (χ4n) is 0.864. The predicted molar refractivity (Wildman–Crippen MR) is 65.4 cm³/mol. The Morgan fingerprint density at radius 2 is 1.69 bits per heavy atom. The molecule has 0 amide bonds. The van der Waals surface area contributed by atoms with Crippen molar-refractivity contribution in [1.82, 2.24) is 0 Å². The highest BCUT2D eigenvalue weighted by atomic mass is 19.3. The number of rotatable bonds is 3. The second-order valence-electron chi connectivity index (χ2n) is 2.52. The molecule has 0 spiro atoms.